The van der Waals surface area contributed by atoms with Gasteiger partial charge in [-0.2, -0.15) is 0 Å². The lowest BCUT2D eigenvalue weighted by atomic mass is 10.3. The average molecular weight is 226 g/mol. The van der Waals surface area contributed by atoms with Crippen LogP contribution in [0.4, 0.5) is 13.2 Å². The second-order valence-corrected chi connectivity index (χ2v) is 2.60. The van der Waals surface area contributed by atoms with Crippen molar-refractivity contribution in [3.05, 3.63) is 23.0 Å². The molecule has 0 atom stereocenters. The molecule has 0 aliphatic rings. The van der Waals surface area contributed by atoms with Crippen LogP contribution in [0, 0.1) is 0 Å². The lowest BCUT2D eigenvalue weighted by Crippen LogP contribution is -2.17. The number of pyridine rings is 1. The van der Waals surface area contributed by atoms with Crippen LogP contribution in [0.3, 0.4) is 0 Å². The van der Waals surface area contributed by atoms with Gasteiger partial charge in [0.15, 0.2) is 6.29 Å². The number of hydrogen-bond acceptors (Lipinski definition) is 3. The molecule has 0 amide bonds. The van der Waals surface area contributed by atoms with Gasteiger partial charge >= 0.3 is 6.36 Å². The lowest BCUT2D eigenvalue weighted by Gasteiger charge is -2.08. The summed E-state index contributed by atoms with van der Waals surface area (Å²) in [6, 6.07) is 1.70. The quantitative estimate of drug-likeness (QED) is 0.573. The van der Waals surface area contributed by atoms with Gasteiger partial charge in [0.05, 0.1) is 0 Å². The third-order valence-electron chi connectivity index (χ3n) is 1.14. The highest BCUT2D eigenvalue weighted by molar-refractivity contribution is 6.29. The number of nitrogens with zero attached hydrogens (tertiary/aromatic N) is 1. The molecular formula is C7H3ClF3NO2. The van der Waals surface area contributed by atoms with E-state index < -0.39 is 12.1 Å². The van der Waals surface area contributed by atoms with Gasteiger partial charge in [0.1, 0.15) is 16.6 Å². The first-order valence-corrected chi connectivity index (χ1v) is 3.67. The van der Waals surface area contributed by atoms with Gasteiger partial charge in [-0.25, -0.2) is 4.98 Å². The molecule has 0 saturated heterocycles. The van der Waals surface area contributed by atoms with E-state index in [1.807, 2.05) is 0 Å². The zero-order valence-corrected chi connectivity index (χ0v) is 7.26. The summed E-state index contributed by atoms with van der Waals surface area (Å²) in [5, 5.41) is -0.242. The highest BCUT2D eigenvalue weighted by Crippen LogP contribution is 2.24. The summed E-state index contributed by atoms with van der Waals surface area (Å²) in [7, 11) is 0. The highest BCUT2D eigenvalue weighted by atomic mass is 35.5. The SMILES string of the molecule is O=Cc1cc(OC(F)(F)F)cc(Cl)n1. The Hall–Kier alpha value is -1.30. The fourth-order valence-corrected chi connectivity index (χ4v) is 0.951. The molecule has 7 heteroatoms. The first-order valence-electron chi connectivity index (χ1n) is 3.29. The second-order valence-electron chi connectivity index (χ2n) is 2.22. The van der Waals surface area contributed by atoms with E-state index in [4.69, 9.17) is 11.6 Å². The topological polar surface area (TPSA) is 39.2 Å². The number of aldehydes is 1. The van der Waals surface area contributed by atoms with Gasteiger partial charge in [-0.3, -0.25) is 4.79 Å². The van der Waals surface area contributed by atoms with Gasteiger partial charge in [0.2, 0.25) is 0 Å². The molecule has 14 heavy (non-hydrogen) atoms. The lowest BCUT2D eigenvalue weighted by molar-refractivity contribution is -0.274. The number of carbonyl (C=O) groups is 1. The maximum Gasteiger partial charge on any atom is 0.573 e. The maximum absolute atomic E-state index is 11.7. The molecule has 0 saturated carbocycles. The van der Waals surface area contributed by atoms with Crippen LogP contribution >= 0.6 is 11.6 Å². The summed E-state index contributed by atoms with van der Waals surface area (Å²) in [6.45, 7) is 0. The van der Waals surface area contributed by atoms with Gasteiger partial charge in [-0.15, -0.1) is 13.2 Å². The van der Waals surface area contributed by atoms with Crippen LogP contribution in [0.5, 0.6) is 5.75 Å². The Morgan fingerprint density at radius 3 is 2.57 bits per heavy atom. The standard InChI is InChI=1S/C7H3ClF3NO2/c8-6-2-5(14-7(9,10)11)1-4(3-13)12-6/h1-3H. The Kier molecular flexibility index (Phi) is 2.95. The number of hydrogen-bond donors (Lipinski definition) is 0. The van der Waals surface area contributed by atoms with E-state index in [0.29, 0.717) is 0 Å². The maximum atomic E-state index is 11.7. The highest BCUT2D eigenvalue weighted by Gasteiger charge is 2.31. The summed E-state index contributed by atoms with van der Waals surface area (Å²) in [6.07, 6.45) is -4.54. The zero-order valence-electron chi connectivity index (χ0n) is 6.51. The number of carbonyl (C=O) groups excluding carboxylic acids is 1. The minimum Gasteiger partial charge on any atom is -0.406 e. The zero-order chi connectivity index (χ0) is 10.8. The van der Waals surface area contributed by atoms with Crippen molar-refractivity contribution in [3.63, 3.8) is 0 Å². The largest absolute Gasteiger partial charge is 0.573 e. The number of halogens is 4. The van der Waals surface area contributed by atoms with Gasteiger partial charge in [-0.1, -0.05) is 11.6 Å². The van der Waals surface area contributed by atoms with Crippen molar-refractivity contribution in [3.8, 4) is 5.75 Å². The predicted molar refractivity (Wildman–Crippen MR) is 41.3 cm³/mol. The molecule has 0 radical (unpaired) electrons. The number of ether oxygens (including phenoxy) is 1. The number of aromatic nitrogens is 1. The molecule has 1 aromatic heterocycles. The molecule has 0 aliphatic heterocycles. The van der Waals surface area contributed by atoms with Crippen LogP contribution in [0.25, 0.3) is 0 Å². The second kappa shape index (κ2) is 3.83. The van der Waals surface area contributed by atoms with Gasteiger partial charge in [0, 0.05) is 12.1 Å². The first-order chi connectivity index (χ1) is 6.40. The third kappa shape index (κ3) is 3.21. The molecule has 76 valence electrons. The summed E-state index contributed by atoms with van der Waals surface area (Å²) in [4.78, 5) is 13.7. The Balaban J connectivity index is 2.98. The smallest absolute Gasteiger partial charge is 0.406 e. The fourth-order valence-electron chi connectivity index (χ4n) is 0.746. The number of rotatable bonds is 2. The van der Waals surface area contributed by atoms with E-state index >= 15 is 0 Å². The molecule has 3 nitrogen and oxygen atoms in total. The molecule has 1 aromatic rings. The Morgan fingerprint density at radius 2 is 2.07 bits per heavy atom. The van der Waals surface area contributed by atoms with Crippen molar-refractivity contribution in [1.82, 2.24) is 4.98 Å². The predicted octanol–water partition coefficient (Wildman–Crippen LogP) is 2.45. The van der Waals surface area contributed by atoms with Crippen LogP contribution in [0.15, 0.2) is 12.1 Å². The van der Waals surface area contributed by atoms with Crippen molar-refractivity contribution >= 4 is 17.9 Å². The van der Waals surface area contributed by atoms with Gasteiger partial charge in [0.25, 0.3) is 0 Å². The number of alkyl halides is 3. The summed E-state index contributed by atoms with van der Waals surface area (Å²) < 4.78 is 38.7. The van der Waals surface area contributed by atoms with Gasteiger partial charge in [-0.05, 0) is 0 Å². The minimum absolute atomic E-state index is 0.225. The first kappa shape index (κ1) is 10.8. The van der Waals surface area contributed by atoms with Crippen LogP contribution in [-0.4, -0.2) is 17.6 Å². The normalized spacial score (nSPS) is 11.1. The van der Waals surface area contributed by atoms with E-state index in [9.17, 15) is 18.0 Å². The Morgan fingerprint density at radius 1 is 1.43 bits per heavy atom. The van der Waals surface area contributed by atoms with Gasteiger partial charge < -0.3 is 4.74 Å². The van der Waals surface area contributed by atoms with Crippen molar-refractivity contribution in [2.24, 2.45) is 0 Å². The van der Waals surface area contributed by atoms with Crippen LogP contribution in [0.2, 0.25) is 5.15 Å². The van der Waals surface area contributed by atoms with Crippen molar-refractivity contribution < 1.29 is 22.7 Å². The molecular weight excluding hydrogens is 223 g/mol. The van der Waals surface area contributed by atoms with E-state index in [1.54, 1.807) is 0 Å². The van der Waals surface area contributed by atoms with Crippen molar-refractivity contribution in [2.45, 2.75) is 6.36 Å². The van der Waals surface area contributed by atoms with Crippen LogP contribution in [0.1, 0.15) is 10.5 Å². The fraction of sp³-hybridized carbons (Fsp3) is 0.143. The molecule has 1 rings (SSSR count). The molecule has 0 spiro atoms. The van der Waals surface area contributed by atoms with Crippen LogP contribution in [-0.2, 0) is 0 Å². The minimum atomic E-state index is -4.81. The van der Waals surface area contributed by atoms with E-state index in [-0.39, 0.29) is 17.1 Å². The molecule has 0 N–H and O–H groups in total. The molecule has 0 aromatic carbocycles. The summed E-state index contributed by atoms with van der Waals surface area (Å²) in [5.74, 6) is -0.570. The van der Waals surface area contributed by atoms with E-state index in [2.05, 4.69) is 9.72 Å². The molecule has 0 aliphatic carbocycles. The summed E-state index contributed by atoms with van der Waals surface area (Å²) in [5.41, 5.74) is -0.225. The molecule has 0 unspecified atom stereocenters. The molecule has 1 heterocycles. The average Bonchev–Trinajstić information content (AvgIpc) is 1.99. The van der Waals surface area contributed by atoms with E-state index in [1.165, 1.54) is 0 Å². The molecule has 0 fully saturated rings. The Bertz CT molecular complexity index is 353. The van der Waals surface area contributed by atoms with E-state index in [0.717, 1.165) is 12.1 Å². The monoisotopic (exact) mass is 225 g/mol. The molecule has 0 bridgehead atoms. The third-order valence-corrected chi connectivity index (χ3v) is 1.34. The van der Waals surface area contributed by atoms with Crippen molar-refractivity contribution in [2.75, 3.05) is 0 Å². The summed E-state index contributed by atoms with van der Waals surface area (Å²) >= 11 is 5.34. The van der Waals surface area contributed by atoms with Crippen molar-refractivity contribution in [1.29, 1.82) is 0 Å². The Labute approximate surface area is 81.5 Å². The van der Waals surface area contributed by atoms with Crippen LogP contribution < -0.4 is 4.74 Å².